The van der Waals surface area contributed by atoms with E-state index in [0.29, 0.717) is 0 Å². The Morgan fingerprint density at radius 1 is 1.19 bits per heavy atom. The highest BCUT2D eigenvalue weighted by Crippen LogP contribution is 2.32. The SMILES string of the molecule is Nc1ncnc2c1ncn2[C@@H]1O[C@H](C(=O)O)[C@@H](NC(=O)[C@@H](N)CCC(=O)OCc2ccccc2)[C@H]1O. The fraction of sp³-hybridized carbons (Fsp3) is 0.364. The average Bonchev–Trinajstić information content (AvgIpc) is 3.44. The number of aliphatic hydroxyl groups is 1. The highest BCUT2D eigenvalue weighted by atomic mass is 16.6. The molecule has 4 rings (SSSR count). The van der Waals surface area contributed by atoms with Crippen LogP contribution in [-0.2, 0) is 30.5 Å². The summed E-state index contributed by atoms with van der Waals surface area (Å²) < 4.78 is 12.0. The quantitative estimate of drug-likeness (QED) is 0.226. The summed E-state index contributed by atoms with van der Waals surface area (Å²) >= 11 is 0. The van der Waals surface area contributed by atoms with E-state index in [9.17, 15) is 24.6 Å². The molecule has 0 radical (unpaired) electrons. The highest BCUT2D eigenvalue weighted by Gasteiger charge is 2.49. The maximum Gasteiger partial charge on any atom is 0.335 e. The number of fused-ring (bicyclic) bond motifs is 1. The lowest BCUT2D eigenvalue weighted by Crippen LogP contribution is -2.54. The number of carbonyl (C=O) groups excluding carboxylic acids is 2. The van der Waals surface area contributed by atoms with E-state index in [0.717, 1.165) is 5.56 Å². The van der Waals surface area contributed by atoms with E-state index in [4.69, 9.17) is 20.9 Å². The van der Waals surface area contributed by atoms with Crippen molar-refractivity contribution in [3.63, 3.8) is 0 Å². The second-order valence-corrected chi connectivity index (χ2v) is 8.18. The predicted molar refractivity (Wildman–Crippen MR) is 123 cm³/mol. The van der Waals surface area contributed by atoms with Crippen LogP contribution >= 0.6 is 0 Å². The molecule has 7 N–H and O–H groups in total. The number of hydrogen-bond acceptors (Lipinski definition) is 11. The summed E-state index contributed by atoms with van der Waals surface area (Å²) in [4.78, 5) is 48.4. The van der Waals surface area contributed by atoms with E-state index in [1.165, 1.54) is 17.2 Å². The number of aliphatic hydroxyl groups excluding tert-OH is 1. The van der Waals surface area contributed by atoms with Crippen LogP contribution in [0.1, 0.15) is 24.6 Å². The molecule has 0 unspecified atom stereocenters. The molecule has 1 saturated heterocycles. The summed E-state index contributed by atoms with van der Waals surface area (Å²) in [5, 5.41) is 22.9. The number of nitrogen functional groups attached to an aromatic ring is 1. The number of benzene rings is 1. The minimum Gasteiger partial charge on any atom is -0.479 e. The summed E-state index contributed by atoms with van der Waals surface area (Å²) in [6.07, 6.45) is -2.03. The molecule has 1 aliphatic heterocycles. The molecule has 1 aromatic carbocycles. The maximum atomic E-state index is 12.7. The normalized spacial score (nSPS) is 22.3. The number of amides is 1. The molecule has 0 bridgehead atoms. The first-order chi connectivity index (χ1) is 17.3. The number of anilines is 1. The number of imidazole rings is 1. The van der Waals surface area contributed by atoms with Crippen LogP contribution in [0.15, 0.2) is 43.0 Å². The first-order valence-corrected chi connectivity index (χ1v) is 11.0. The lowest BCUT2D eigenvalue weighted by molar-refractivity contribution is -0.152. The molecule has 3 aromatic rings. The van der Waals surface area contributed by atoms with Crippen molar-refractivity contribution >= 4 is 34.8 Å². The van der Waals surface area contributed by atoms with E-state index in [1.54, 1.807) is 0 Å². The van der Waals surface area contributed by atoms with Crippen LogP contribution < -0.4 is 16.8 Å². The van der Waals surface area contributed by atoms with Crippen LogP contribution in [0.5, 0.6) is 0 Å². The molecule has 1 fully saturated rings. The molecule has 0 aliphatic carbocycles. The van der Waals surface area contributed by atoms with E-state index in [1.807, 2.05) is 30.3 Å². The number of nitrogens with one attached hydrogen (secondary N) is 1. The number of carboxylic acid groups (broad SMARTS) is 1. The van der Waals surface area contributed by atoms with Gasteiger partial charge in [-0.05, 0) is 12.0 Å². The van der Waals surface area contributed by atoms with E-state index in [2.05, 4.69) is 20.3 Å². The fourth-order valence-corrected chi connectivity index (χ4v) is 3.82. The lowest BCUT2D eigenvalue weighted by atomic mass is 10.1. The number of ether oxygens (including phenoxy) is 2. The number of nitrogens with two attached hydrogens (primary N) is 2. The van der Waals surface area contributed by atoms with Crippen molar-refractivity contribution in [2.75, 3.05) is 5.73 Å². The number of aromatic nitrogens is 4. The number of nitrogens with zero attached hydrogens (tertiary/aromatic N) is 4. The molecule has 1 aliphatic rings. The van der Waals surface area contributed by atoms with Crippen molar-refractivity contribution in [3.8, 4) is 0 Å². The maximum absolute atomic E-state index is 12.7. The van der Waals surface area contributed by atoms with Crippen LogP contribution in [0.25, 0.3) is 11.2 Å². The molecule has 0 spiro atoms. The highest BCUT2D eigenvalue weighted by molar-refractivity contribution is 5.84. The molecule has 36 heavy (non-hydrogen) atoms. The zero-order valence-electron chi connectivity index (χ0n) is 18.9. The second kappa shape index (κ2) is 10.6. The summed E-state index contributed by atoms with van der Waals surface area (Å²) in [5.41, 5.74) is 13.0. The van der Waals surface area contributed by atoms with Gasteiger partial charge >= 0.3 is 11.9 Å². The van der Waals surface area contributed by atoms with Gasteiger partial charge in [-0.25, -0.2) is 19.7 Å². The molecule has 14 nitrogen and oxygen atoms in total. The standard InChI is InChI=1S/C22H25N7O7/c23-12(6-7-13(30)35-8-11-4-2-1-3-5-11)20(32)28-14-16(31)21(36-17(14)22(33)34)29-10-27-15-18(24)25-9-26-19(15)29/h1-5,9-10,12,14,16-17,21,31H,6-8,23H2,(H,28,32)(H,33,34)(H2,24,25,26)/t12-,14-,16+,17-,21+/m0/s1. The third-order valence-corrected chi connectivity index (χ3v) is 5.72. The molecule has 190 valence electrons. The third kappa shape index (κ3) is 5.25. The van der Waals surface area contributed by atoms with Crippen molar-refractivity contribution in [2.24, 2.45) is 5.73 Å². The van der Waals surface area contributed by atoms with E-state index < -0.39 is 48.4 Å². The molecule has 5 atom stereocenters. The topological polar surface area (TPSA) is 218 Å². The molecule has 0 saturated carbocycles. The molecule has 2 aromatic heterocycles. The van der Waals surface area contributed by atoms with Crippen molar-refractivity contribution in [2.45, 2.75) is 50.0 Å². The minimum atomic E-state index is -1.59. The van der Waals surface area contributed by atoms with Gasteiger partial charge in [0.15, 0.2) is 23.8 Å². The van der Waals surface area contributed by atoms with E-state index in [-0.39, 0.29) is 36.4 Å². The van der Waals surface area contributed by atoms with Crippen molar-refractivity contribution < 1.29 is 34.1 Å². The monoisotopic (exact) mass is 499 g/mol. The Hall–Kier alpha value is -4.14. The van der Waals surface area contributed by atoms with Gasteiger partial charge < -0.3 is 36.5 Å². The predicted octanol–water partition coefficient (Wildman–Crippen LogP) is -0.913. The molecular formula is C22H25N7O7. The van der Waals surface area contributed by atoms with Gasteiger partial charge in [-0.3, -0.25) is 14.2 Å². The first kappa shape index (κ1) is 25.0. The van der Waals surface area contributed by atoms with Crippen LogP contribution in [0.3, 0.4) is 0 Å². The minimum absolute atomic E-state index is 0.0490. The van der Waals surface area contributed by atoms with Crippen molar-refractivity contribution in [1.82, 2.24) is 24.8 Å². The first-order valence-electron chi connectivity index (χ1n) is 11.0. The summed E-state index contributed by atoms with van der Waals surface area (Å²) in [5.74, 6) is -2.60. The summed E-state index contributed by atoms with van der Waals surface area (Å²) in [7, 11) is 0. The lowest BCUT2D eigenvalue weighted by Gasteiger charge is -2.22. The van der Waals surface area contributed by atoms with Gasteiger partial charge in [-0.1, -0.05) is 30.3 Å². The summed E-state index contributed by atoms with van der Waals surface area (Å²) in [6.45, 7) is 0.0912. The third-order valence-electron chi connectivity index (χ3n) is 5.72. The number of carbonyl (C=O) groups is 3. The Morgan fingerprint density at radius 3 is 2.67 bits per heavy atom. The average molecular weight is 499 g/mol. The zero-order chi connectivity index (χ0) is 25.8. The second-order valence-electron chi connectivity index (χ2n) is 8.18. The largest absolute Gasteiger partial charge is 0.479 e. The molecular weight excluding hydrogens is 474 g/mol. The summed E-state index contributed by atoms with van der Waals surface area (Å²) in [6, 6.07) is 6.60. The van der Waals surface area contributed by atoms with Gasteiger partial charge in [-0.15, -0.1) is 0 Å². The van der Waals surface area contributed by atoms with Gasteiger partial charge in [0.1, 0.15) is 24.6 Å². The Morgan fingerprint density at radius 2 is 1.94 bits per heavy atom. The number of esters is 1. The van der Waals surface area contributed by atoms with Gasteiger partial charge in [0.25, 0.3) is 0 Å². The van der Waals surface area contributed by atoms with Crippen LogP contribution in [0.4, 0.5) is 5.82 Å². The van der Waals surface area contributed by atoms with Crippen molar-refractivity contribution in [3.05, 3.63) is 48.5 Å². The van der Waals surface area contributed by atoms with Crippen molar-refractivity contribution in [1.29, 1.82) is 0 Å². The van der Waals surface area contributed by atoms with Gasteiger partial charge in [0.2, 0.25) is 5.91 Å². The Bertz CT molecular complexity index is 1250. The Labute approximate surface area is 204 Å². The fourth-order valence-electron chi connectivity index (χ4n) is 3.82. The van der Waals surface area contributed by atoms with Gasteiger partial charge in [0.05, 0.1) is 18.4 Å². The smallest absolute Gasteiger partial charge is 0.335 e. The van der Waals surface area contributed by atoms with E-state index >= 15 is 0 Å². The molecule has 14 heteroatoms. The van der Waals surface area contributed by atoms with Crippen LogP contribution in [-0.4, -0.2) is 71.9 Å². The zero-order valence-corrected chi connectivity index (χ0v) is 18.9. The molecule has 3 heterocycles. The van der Waals surface area contributed by atoms with Gasteiger partial charge in [0, 0.05) is 6.42 Å². The Balaban J connectivity index is 1.37. The number of rotatable bonds is 9. The Kier molecular flexibility index (Phi) is 7.38. The number of aliphatic carboxylic acids is 1. The van der Waals surface area contributed by atoms with Crippen LogP contribution in [0, 0.1) is 0 Å². The number of carboxylic acids is 1. The van der Waals surface area contributed by atoms with Gasteiger partial charge in [-0.2, -0.15) is 0 Å². The molecule has 1 amide bonds. The van der Waals surface area contributed by atoms with Crippen LogP contribution in [0.2, 0.25) is 0 Å². The number of hydrogen-bond donors (Lipinski definition) is 5.